The van der Waals surface area contributed by atoms with Crippen LogP contribution >= 0.6 is 23.2 Å². The van der Waals surface area contributed by atoms with Crippen LogP contribution in [0.5, 0.6) is 0 Å². The van der Waals surface area contributed by atoms with E-state index in [9.17, 15) is 14.4 Å². The van der Waals surface area contributed by atoms with E-state index in [4.69, 9.17) is 27.9 Å². The fourth-order valence-electron chi connectivity index (χ4n) is 4.49. The molecule has 0 saturated carbocycles. The lowest BCUT2D eigenvalue weighted by atomic mass is 9.99. The van der Waals surface area contributed by atoms with E-state index in [1.807, 2.05) is 30.3 Å². The lowest BCUT2D eigenvalue weighted by Gasteiger charge is -2.19. The normalized spacial score (nSPS) is 11.8. The molecule has 2 aromatic carbocycles. The molecule has 3 aromatic heterocycles. The standard InChI is InChI=1S/C29H25Cl2N7O4/c1-2-42-29(41)17-36-11-10-21(34-36)14-26(39)25(12-19-6-4-3-5-7-19)37-18-32-23(15-28(37)40)22-13-20(30)8-9-24(22)38-16-27(31)33-35-38/h3-11,13,15-16,18,25H,2,12,14,17H2,1H3/t25-/m0/s1. The highest BCUT2D eigenvalue weighted by Crippen LogP contribution is 2.28. The molecule has 0 saturated heterocycles. The van der Waals surface area contributed by atoms with Crippen molar-refractivity contribution in [3.8, 4) is 16.9 Å². The Morgan fingerprint density at radius 2 is 1.86 bits per heavy atom. The molecule has 0 amide bonds. The van der Waals surface area contributed by atoms with Gasteiger partial charge >= 0.3 is 5.97 Å². The summed E-state index contributed by atoms with van der Waals surface area (Å²) in [6, 6.07) is 16.6. The molecule has 11 nitrogen and oxygen atoms in total. The monoisotopic (exact) mass is 605 g/mol. The van der Waals surface area contributed by atoms with Gasteiger partial charge in [0.05, 0.1) is 42.6 Å². The van der Waals surface area contributed by atoms with Gasteiger partial charge in [-0.1, -0.05) is 58.7 Å². The second kappa shape index (κ2) is 12.9. The molecule has 0 spiro atoms. The van der Waals surface area contributed by atoms with Gasteiger partial charge in [-0.3, -0.25) is 23.6 Å². The van der Waals surface area contributed by atoms with E-state index in [0.29, 0.717) is 27.7 Å². The average molecular weight is 606 g/mol. The SMILES string of the molecule is CCOC(=O)Cn1ccc(CC(=O)[C@H](Cc2ccccc2)n2cnc(-c3cc(Cl)ccc3-n3cc(Cl)nn3)cc2=O)n1. The molecular formula is C29H25Cl2N7O4. The average Bonchev–Trinajstić information content (AvgIpc) is 3.60. The topological polar surface area (TPSA) is 127 Å². The zero-order valence-electron chi connectivity index (χ0n) is 22.4. The third-order valence-corrected chi connectivity index (χ3v) is 6.82. The number of aromatic nitrogens is 7. The van der Waals surface area contributed by atoms with Gasteiger partial charge in [0.1, 0.15) is 12.6 Å². The van der Waals surface area contributed by atoms with E-state index < -0.39 is 17.6 Å². The first kappa shape index (κ1) is 28.9. The van der Waals surface area contributed by atoms with Crippen molar-refractivity contribution in [3.63, 3.8) is 0 Å². The maximum Gasteiger partial charge on any atom is 0.327 e. The van der Waals surface area contributed by atoms with Crippen LogP contribution in [0.15, 0.2) is 84.2 Å². The number of benzene rings is 2. The number of hydrogen-bond donors (Lipinski definition) is 0. The van der Waals surface area contributed by atoms with Gasteiger partial charge in [-0.2, -0.15) is 5.10 Å². The van der Waals surface area contributed by atoms with Crippen molar-refractivity contribution < 1.29 is 14.3 Å². The number of carbonyl (C=O) groups excluding carboxylic acids is 2. The molecule has 214 valence electrons. The van der Waals surface area contributed by atoms with Crippen LogP contribution in [0.4, 0.5) is 0 Å². The van der Waals surface area contributed by atoms with Crippen LogP contribution in [0.1, 0.15) is 24.2 Å². The zero-order valence-corrected chi connectivity index (χ0v) is 23.9. The number of carbonyl (C=O) groups is 2. The summed E-state index contributed by atoms with van der Waals surface area (Å²) in [7, 11) is 0. The highest BCUT2D eigenvalue weighted by atomic mass is 35.5. The first-order valence-electron chi connectivity index (χ1n) is 13.0. The number of nitrogens with zero attached hydrogens (tertiary/aromatic N) is 7. The van der Waals surface area contributed by atoms with E-state index >= 15 is 0 Å². The Bertz CT molecular complexity index is 1780. The Labute approximate surface area is 250 Å². The summed E-state index contributed by atoms with van der Waals surface area (Å²) >= 11 is 12.2. The van der Waals surface area contributed by atoms with Crippen molar-refractivity contribution in [1.29, 1.82) is 0 Å². The molecule has 0 unspecified atom stereocenters. The largest absolute Gasteiger partial charge is 0.465 e. The maximum atomic E-state index is 13.7. The molecule has 0 fully saturated rings. The summed E-state index contributed by atoms with van der Waals surface area (Å²) in [6.45, 7) is 1.93. The van der Waals surface area contributed by atoms with Crippen LogP contribution in [-0.2, 0) is 33.7 Å². The molecule has 42 heavy (non-hydrogen) atoms. The first-order valence-corrected chi connectivity index (χ1v) is 13.8. The summed E-state index contributed by atoms with van der Waals surface area (Å²) < 4.78 is 9.16. The van der Waals surface area contributed by atoms with Gasteiger partial charge in [0.15, 0.2) is 10.9 Å². The minimum Gasteiger partial charge on any atom is -0.465 e. The maximum absolute atomic E-state index is 13.7. The molecule has 0 aliphatic carbocycles. The summed E-state index contributed by atoms with van der Waals surface area (Å²) in [5.41, 5.74) is 2.36. The summed E-state index contributed by atoms with van der Waals surface area (Å²) in [5, 5.41) is 12.8. The molecule has 1 atom stereocenters. The zero-order chi connectivity index (χ0) is 29.6. The van der Waals surface area contributed by atoms with Crippen LogP contribution in [-0.4, -0.2) is 52.7 Å². The molecule has 0 aliphatic heterocycles. The highest BCUT2D eigenvalue weighted by Gasteiger charge is 2.24. The van der Waals surface area contributed by atoms with Crippen molar-refractivity contribution in [2.45, 2.75) is 32.4 Å². The van der Waals surface area contributed by atoms with Gasteiger partial charge in [0.25, 0.3) is 5.56 Å². The van der Waals surface area contributed by atoms with Crippen molar-refractivity contribution in [2.75, 3.05) is 6.61 Å². The van der Waals surface area contributed by atoms with Crippen LogP contribution in [0.2, 0.25) is 10.2 Å². The van der Waals surface area contributed by atoms with Gasteiger partial charge in [0, 0.05) is 29.3 Å². The lowest BCUT2D eigenvalue weighted by molar-refractivity contribution is -0.144. The third kappa shape index (κ3) is 6.81. The van der Waals surface area contributed by atoms with E-state index in [2.05, 4.69) is 20.4 Å². The number of ether oxygens (including phenoxy) is 1. The Hall–Kier alpha value is -4.61. The van der Waals surface area contributed by atoms with E-state index in [0.717, 1.165) is 5.56 Å². The predicted molar refractivity (Wildman–Crippen MR) is 156 cm³/mol. The van der Waals surface area contributed by atoms with Crippen LogP contribution in [0.25, 0.3) is 16.9 Å². The molecule has 0 radical (unpaired) electrons. The minimum absolute atomic E-state index is 0.0486. The van der Waals surface area contributed by atoms with Crippen LogP contribution in [0, 0.1) is 0 Å². The van der Waals surface area contributed by atoms with Crippen molar-refractivity contribution >= 4 is 35.0 Å². The van der Waals surface area contributed by atoms with Gasteiger partial charge in [-0.15, -0.1) is 5.10 Å². The fraction of sp³-hybridized carbons (Fsp3) is 0.207. The van der Waals surface area contributed by atoms with E-state index in [-0.39, 0.29) is 36.9 Å². The molecule has 13 heteroatoms. The van der Waals surface area contributed by atoms with Gasteiger partial charge < -0.3 is 4.74 Å². The summed E-state index contributed by atoms with van der Waals surface area (Å²) in [4.78, 5) is 43.6. The molecule has 5 rings (SSSR count). The highest BCUT2D eigenvalue weighted by molar-refractivity contribution is 6.31. The second-order valence-corrected chi connectivity index (χ2v) is 10.1. The smallest absolute Gasteiger partial charge is 0.327 e. The Morgan fingerprint density at radius 3 is 2.57 bits per heavy atom. The molecule has 5 aromatic rings. The molecule has 0 aliphatic rings. The van der Waals surface area contributed by atoms with E-state index in [1.165, 1.54) is 32.5 Å². The Balaban J connectivity index is 1.46. The summed E-state index contributed by atoms with van der Waals surface area (Å²) in [5.74, 6) is -0.662. The number of esters is 1. The number of hydrogen-bond acceptors (Lipinski definition) is 8. The molecular weight excluding hydrogens is 581 g/mol. The predicted octanol–water partition coefficient (Wildman–Crippen LogP) is 4.15. The first-order chi connectivity index (χ1) is 20.3. The second-order valence-electron chi connectivity index (χ2n) is 9.33. The third-order valence-electron chi connectivity index (χ3n) is 6.41. The number of Topliss-reactive ketones (excluding diaryl/α,β-unsaturated/α-hetero) is 1. The van der Waals surface area contributed by atoms with E-state index in [1.54, 1.807) is 37.4 Å². The Kier molecular flexibility index (Phi) is 8.89. The molecule has 3 heterocycles. The van der Waals surface area contributed by atoms with Crippen LogP contribution < -0.4 is 5.56 Å². The van der Waals surface area contributed by atoms with Gasteiger partial charge in [-0.25, -0.2) is 9.67 Å². The summed E-state index contributed by atoms with van der Waals surface area (Å²) in [6.07, 6.45) is 4.72. The number of rotatable bonds is 11. The van der Waals surface area contributed by atoms with Crippen LogP contribution in [0.3, 0.4) is 0 Å². The van der Waals surface area contributed by atoms with Crippen molar-refractivity contribution in [3.05, 3.63) is 111 Å². The van der Waals surface area contributed by atoms with Gasteiger partial charge in [0.2, 0.25) is 0 Å². The Morgan fingerprint density at radius 1 is 1.05 bits per heavy atom. The lowest BCUT2D eigenvalue weighted by Crippen LogP contribution is -2.32. The van der Waals surface area contributed by atoms with Crippen molar-refractivity contribution in [2.24, 2.45) is 0 Å². The molecule has 0 bridgehead atoms. The molecule has 0 N–H and O–H groups in total. The minimum atomic E-state index is -0.857. The van der Waals surface area contributed by atoms with Crippen molar-refractivity contribution in [1.82, 2.24) is 34.3 Å². The quantitative estimate of drug-likeness (QED) is 0.205. The fourth-order valence-corrected chi connectivity index (χ4v) is 4.79. The van der Waals surface area contributed by atoms with Gasteiger partial charge in [-0.05, 0) is 36.8 Å². The number of halogens is 2. The number of ketones is 1.